The van der Waals surface area contributed by atoms with E-state index in [1.54, 1.807) is 6.08 Å². The van der Waals surface area contributed by atoms with E-state index in [-0.39, 0.29) is 45.2 Å². The second kappa shape index (κ2) is 15.6. The van der Waals surface area contributed by atoms with Crippen LogP contribution in [0.2, 0.25) is 0 Å². The van der Waals surface area contributed by atoms with Gasteiger partial charge in [-0.25, -0.2) is 0 Å². The van der Waals surface area contributed by atoms with Crippen molar-refractivity contribution in [3.63, 3.8) is 0 Å². The largest absolute Gasteiger partial charge is 2.00 e. The zero-order valence-corrected chi connectivity index (χ0v) is 7.63. The van der Waals surface area contributed by atoms with Gasteiger partial charge in [-0.15, -0.1) is 0 Å². The molecule has 0 N–H and O–H groups in total. The predicted octanol–water partition coefficient (Wildman–Crippen LogP) is -4.25. The molecule has 3 heteroatoms. The van der Waals surface area contributed by atoms with Crippen LogP contribution in [0.3, 0.4) is 0 Å². The van der Waals surface area contributed by atoms with Gasteiger partial charge in [-0.05, 0) is 6.92 Å². The molecule has 0 aliphatic carbocycles. The first-order valence-electron chi connectivity index (χ1n) is 1.55. The van der Waals surface area contributed by atoms with Gasteiger partial charge in [0.25, 0.3) is 0 Å². The minimum atomic E-state index is 0. The summed E-state index contributed by atoms with van der Waals surface area (Å²) >= 11 is 0. The van der Waals surface area contributed by atoms with Crippen LogP contribution in [-0.2, 0) is 20.4 Å². The molecule has 0 saturated heterocycles. The van der Waals surface area contributed by atoms with Crippen LogP contribution in [-0.4, -0.2) is 0 Å². The molecular weight excluding hydrogens is 237 g/mol. The Morgan fingerprint density at radius 3 is 1.50 bits per heavy atom. The van der Waals surface area contributed by atoms with E-state index in [2.05, 4.69) is 13.2 Å². The summed E-state index contributed by atoms with van der Waals surface area (Å²) in [6, 6.07) is 0. The third-order valence-electron chi connectivity index (χ3n) is 0.348. The molecule has 0 fully saturated rings. The van der Waals surface area contributed by atoms with Gasteiger partial charge in [-0.2, -0.15) is 0 Å². The third kappa shape index (κ3) is 29.7. The molecule has 0 saturated carbocycles. The molecule has 0 nitrogen and oxygen atoms in total. The summed E-state index contributed by atoms with van der Waals surface area (Å²) < 4.78 is 0. The zero-order chi connectivity index (χ0) is 4.28. The van der Waals surface area contributed by atoms with E-state index in [9.17, 15) is 0 Å². The van der Waals surface area contributed by atoms with E-state index in [1.807, 2.05) is 6.92 Å². The molecule has 0 rings (SSSR count). The molecule has 0 radical (unpaired) electrons. The summed E-state index contributed by atoms with van der Waals surface area (Å²) in [4.78, 5) is 0. The van der Waals surface area contributed by atoms with Gasteiger partial charge in [0.15, 0.2) is 0 Å². The third-order valence-corrected chi connectivity index (χ3v) is 0.348. The maximum absolute atomic E-state index is 3.56. The molecule has 0 atom stereocenters. The van der Waals surface area contributed by atoms with Crippen LogP contribution in [0.15, 0.2) is 24.8 Å². The molecule has 0 aliphatic rings. The van der Waals surface area contributed by atoms with Crippen molar-refractivity contribution >= 4 is 0 Å². The van der Waals surface area contributed by atoms with Crippen molar-refractivity contribution < 1.29 is 45.2 Å². The Balaban J connectivity index is -0.0000000267. The van der Waals surface area contributed by atoms with Crippen molar-refractivity contribution in [1.29, 1.82) is 0 Å². The van der Waals surface area contributed by atoms with Gasteiger partial charge in [0.1, 0.15) is 0 Å². The number of hydrogen-bond acceptors (Lipinski definition) is 0. The molecule has 8 heavy (non-hydrogen) atoms. The van der Waals surface area contributed by atoms with Crippen molar-refractivity contribution in [3.05, 3.63) is 24.8 Å². The van der Waals surface area contributed by atoms with E-state index < -0.39 is 0 Å². The number of allylic oxidation sites excluding steroid dienone is 2. The van der Waals surface area contributed by atoms with E-state index >= 15 is 0 Å². The van der Waals surface area contributed by atoms with Gasteiger partial charge in [0.05, 0.1) is 0 Å². The van der Waals surface area contributed by atoms with Crippen LogP contribution >= 0.6 is 0 Å². The van der Waals surface area contributed by atoms with Crippen molar-refractivity contribution in [3.8, 4) is 0 Å². The first kappa shape index (κ1) is 23.3. The monoisotopic (exact) mass is 244 g/mol. The maximum Gasteiger partial charge on any atom is 2.00 e. The zero-order valence-electron chi connectivity index (χ0n) is 4.56. The van der Waals surface area contributed by atoms with Gasteiger partial charge in [-0.1, -0.05) is 24.8 Å². The Hall–Kier alpha value is 0.722. The van der Waals surface area contributed by atoms with E-state index in [0.717, 1.165) is 5.57 Å². The van der Waals surface area contributed by atoms with Gasteiger partial charge in [-0.3, -0.25) is 0 Å². The minimum Gasteiger partial charge on any atom is -1.00 e. The predicted molar refractivity (Wildman–Crippen MR) is 25.0 cm³/mol. The number of rotatable bonds is 1. The van der Waals surface area contributed by atoms with Gasteiger partial charge in [0, 0.05) is 0 Å². The summed E-state index contributed by atoms with van der Waals surface area (Å²) in [5.41, 5.74) is 1.02. The van der Waals surface area contributed by atoms with E-state index in [1.165, 1.54) is 0 Å². The van der Waals surface area contributed by atoms with Gasteiger partial charge >= 0.3 is 20.4 Å². The Bertz CT molecular complexity index is 61.4. The average molecular weight is 245 g/mol. The molecule has 0 bridgehead atoms. The normalized spacial score (nSPS) is 4.12. The van der Waals surface area contributed by atoms with Crippen molar-refractivity contribution in [2.75, 3.05) is 0 Å². The fourth-order valence-electron chi connectivity index (χ4n) is 0. The molecule has 0 amide bonds. The summed E-state index contributed by atoms with van der Waals surface area (Å²) in [6.07, 6.45) is 1.72. The maximum atomic E-state index is 3.56. The Kier molecular flexibility index (Phi) is 45.6. The summed E-state index contributed by atoms with van der Waals surface area (Å²) in [5.74, 6) is 0. The topological polar surface area (TPSA) is 0 Å². The fourth-order valence-corrected chi connectivity index (χ4v) is 0. The van der Waals surface area contributed by atoms with Gasteiger partial charge < -0.3 is 24.8 Å². The fraction of sp³-hybridized carbons (Fsp3) is 0.200. The van der Waals surface area contributed by atoms with Crippen LogP contribution in [0.4, 0.5) is 0 Å². The Morgan fingerprint density at radius 2 is 1.50 bits per heavy atom. The van der Waals surface area contributed by atoms with E-state index in [0.29, 0.717) is 0 Å². The number of hydrogen-bond donors (Lipinski definition) is 0. The van der Waals surface area contributed by atoms with Crippen molar-refractivity contribution in [2.45, 2.75) is 6.92 Å². The van der Waals surface area contributed by atoms with E-state index in [4.69, 9.17) is 0 Å². The quantitative estimate of drug-likeness (QED) is 0.324. The molecule has 0 unspecified atom stereocenters. The SMILES string of the molecule is C=CC(=C)C.[Cl-].[Cl-].[Pd+2]. The first-order valence-corrected chi connectivity index (χ1v) is 1.55. The molecule has 0 spiro atoms. The minimum absolute atomic E-state index is 0. The average Bonchev–Trinajstić information content (AvgIpc) is 1.38. The van der Waals surface area contributed by atoms with Crippen LogP contribution in [0.5, 0.6) is 0 Å². The standard InChI is InChI=1S/C5H8.2ClH.Pd/c1-4-5(2)3;;;/h4H,1-2H2,3H3;2*1H;/q;;;+2/p-2. The van der Waals surface area contributed by atoms with Crippen molar-refractivity contribution in [1.82, 2.24) is 0 Å². The molecule has 0 aromatic heterocycles. The smallest absolute Gasteiger partial charge is 1.00 e. The summed E-state index contributed by atoms with van der Waals surface area (Å²) in [5, 5.41) is 0. The second-order valence-corrected chi connectivity index (χ2v) is 1.05. The molecule has 0 heterocycles. The Morgan fingerprint density at radius 1 is 1.38 bits per heavy atom. The molecule has 52 valence electrons. The molecular formula is C5H8Cl2Pd. The van der Waals surface area contributed by atoms with Crippen LogP contribution in [0, 0.1) is 0 Å². The molecule has 0 aromatic rings. The molecule has 0 aromatic carbocycles. The van der Waals surface area contributed by atoms with Crippen LogP contribution < -0.4 is 24.8 Å². The van der Waals surface area contributed by atoms with Crippen LogP contribution in [0.1, 0.15) is 6.92 Å². The van der Waals surface area contributed by atoms with Gasteiger partial charge in [0.2, 0.25) is 0 Å². The van der Waals surface area contributed by atoms with Crippen molar-refractivity contribution in [2.24, 2.45) is 0 Å². The summed E-state index contributed by atoms with van der Waals surface area (Å²) in [7, 11) is 0. The summed E-state index contributed by atoms with van der Waals surface area (Å²) in [6.45, 7) is 8.93. The Labute approximate surface area is 76.9 Å². The molecule has 0 aliphatic heterocycles. The van der Waals surface area contributed by atoms with Crippen LogP contribution in [0.25, 0.3) is 0 Å². The first-order chi connectivity index (χ1) is 2.27. The number of halogens is 2. The second-order valence-electron chi connectivity index (χ2n) is 1.05.